The monoisotopic (exact) mass is 388 g/mol. The van der Waals surface area contributed by atoms with Crippen LogP contribution in [-0.2, 0) is 10.0 Å². The van der Waals surface area contributed by atoms with E-state index < -0.39 is 10.0 Å². The lowest BCUT2D eigenvalue weighted by Gasteiger charge is -2.26. The van der Waals surface area contributed by atoms with Gasteiger partial charge >= 0.3 is 0 Å². The van der Waals surface area contributed by atoms with Crippen LogP contribution >= 0.6 is 0 Å². The van der Waals surface area contributed by atoms with Crippen LogP contribution in [0.25, 0.3) is 0 Å². The van der Waals surface area contributed by atoms with E-state index >= 15 is 0 Å². The summed E-state index contributed by atoms with van der Waals surface area (Å²) in [6.07, 6.45) is 2.78. The van der Waals surface area contributed by atoms with Gasteiger partial charge in [-0.15, -0.1) is 0 Å². The molecule has 6 nitrogen and oxygen atoms in total. The van der Waals surface area contributed by atoms with Gasteiger partial charge < -0.3 is 10.1 Å². The van der Waals surface area contributed by atoms with E-state index in [1.807, 2.05) is 6.07 Å². The van der Waals surface area contributed by atoms with Crippen molar-refractivity contribution < 1.29 is 17.9 Å². The Hall–Kier alpha value is -2.38. The third-order valence-electron chi connectivity index (χ3n) is 4.62. The summed E-state index contributed by atoms with van der Waals surface area (Å²) in [7, 11) is -2.07. The quantitative estimate of drug-likeness (QED) is 0.851. The second-order valence-electron chi connectivity index (χ2n) is 6.65. The molecule has 1 aliphatic heterocycles. The summed E-state index contributed by atoms with van der Waals surface area (Å²) < 4.78 is 32.6. The molecule has 3 rings (SSSR count). The van der Waals surface area contributed by atoms with Crippen LogP contribution in [0.3, 0.4) is 0 Å². The molecule has 0 unspecified atom stereocenters. The van der Waals surface area contributed by atoms with E-state index in [-0.39, 0.29) is 10.8 Å². The molecule has 2 aromatic carbocycles. The first-order valence-corrected chi connectivity index (χ1v) is 10.4. The van der Waals surface area contributed by atoms with Gasteiger partial charge in [0.2, 0.25) is 10.0 Å². The van der Waals surface area contributed by atoms with E-state index in [1.54, 1.807) is 37.3 Å². The molecule has 0 aliphatic carbocycles. The Morgan fingerprint density at radius 1 is 1.07 bits per heavy atom. The number of hydrogen-bond acceptors (Lipinski definition) is 4. The lowest BCUT2D eigenvalue weighted by molar-refractivity contribution is 0.102. The predicted octanol–water partition coefficient (Wildman–Crippen LogP) is 3.43. The topological polar surface area (TPSA) is 75.7 Å². The average Bonchev–Trinajstić information content (AvgIpc) is 2.68. The number of aryl methyl sites for hydroxylation is 1. The zero-order chi connectivity index (χ0) is 19.4. The fourth-order valence-electron chi connectivity index (χ4n) is 3.22. The van der Waals surface area contributed by atoms with Gasteiger partial charge in [-0.3, -0.25) is 4.79 Å². The second kappa shape index (κ2) is 8.10. The SMILES string of the molecule is COc1ccccc1NC(=O)c1cc(C)cc(S(=O)(=O)N2CCCCC2)c1. The van der Waals surface area contributed by atoms with Crippen LogP contribution in [0.15, 0.2) is 47.4 Å². The van der Waals surface area contributed by atoms with Crippen molar-refractivity contribution in [3.05, 3.63) is 53.6 Å². The van der Waals surface area contributed by atoms with Crippen molar-refractivity contribution in [2.75, 3.05) is 25.5 Å². The first kappa shape index (κ1) is 19.4. The summed E-state index contributed by atoms with van der Waals surface area (Å²) in [5.74, 6) is 0.165. The van der Waals surface area contributed by atoms with Crippen molar-refractivity contribution >= 4 is 21.6 Å². The van der Waals surface area contributed by atoms with Crippen LogP contribution in [0.5, 0.6) is 5.75 Å². The zero-order valence-electron chi connectivity index (χ0n) is 15.6. The highest BCUT2D eigenvalue weighted by Gasteiger charge is 2.27. The number of nitrogens with zero attached hydrogens (tertiary/aromatic N) is 1. The number of rotatable bonds is 5. The number of amides is 1. The maximum absolute atomic E-state index is 12.9. The summed E-state index contributed by atoms with van der Waals surface area (Å²) in [6.45, 7) is 2.84. The summed E-state index contributed by atoms with van der Waals surface area (Å²) in [6, 6.07) is 11.8. The first-order chi connectivity index (χ1) is 12.9. The minimum atomic E-state index is -3.60. The van der Waals surface area contributed by atoms with Gasteiger partial charge in [0.25, 0.3) is 5.91 Å². The molecular formula is C20H24N2O4S. The van der Waals surface area contributed by atoms with Crippen LogP contribution in [0.1, 0.15) is 35.2 Å². The van der Waals surface area contributed by atoms with Crippen molar-refractivity contribution in [3.8, 4) is 5.75 Å². The summed E-state index contributed by atoms with van der Waals surface area (Å²) in [4.78, 5) is 12.9. The number of carbonyl (C=O) groups excluding carboxylic acids is 1. The van der Waals surface area contributed by atoms with Crippen molar-refractivity contribution in [2.45, 2.75) is 31.1 Å². The molecule has 0 aromatic heterocycles. The standard InChI is InChI=1S/C20H24N2O4S/c1-15-12-16(20(23)21-18-8-4-5-9-19(18)26-2)14-17(13-15)27(24,25)22-10-6-3-7-11-22/h4-5,8-9,12-14H,3,6-7,10-11H2,1-2H3,(H,21,23). The molecule has 1 heterocycles. The molecule has 1 aliphatic rings. The fraction of sp³-hybridized carbons (Fsp3) is 0.350. The van der Waals surface area contributed by atoms with Crippen LogP contribution in [0, 0.1) is 6.92 Å². The number of para-hydroxylation sites is 2. The van der Waals surface area contributed by atoms with E-state index in [0.29, 0.717) is 30.1 Å². The summed E-state index contributed by atoms with van der Waals surface area (Å²) >= 11 is 0. The Kier molecular flexibility index (Phi) is 5.82. The predicted molar refractivity (Wildman–Crippen MR) is 105 cm³/mol. The molecular weight excluding hydrogens is 364 g/mol. The van der Waals surface area contributed by atoms with Gasteiger partial charge in [-0.25, -0.2) is 8.42 Å². The van der Waals surface area contributed by atoms with Crippen molar-refractivity contribution in [1.29, 1.82) is 0 Å². The van der Waals surface area contributed by atoms with Gasteiger partial charge in [0.1, 0.15) is 5.75 Å². The normalized spacial score (nSPS) is 15.3. The van der Waals surface area contributed by atoms with Crippen LogP contribution < -0.4 is 10.1 Å². The van der Waals surface area contributed by atoms with Crippen LogP contribution in [-0.4, -0.2) is 38.8 Å². The van der Waals surface area contributed by atoms with Crippen molar-refractivity contribution in [2.24, 2.45) is 0 Å². The van der Waals surface area contributed by atoms with Gasteiger partial charge in [-0.05, 0) is 55.7 Å². The van der Waals surface area contributed by atoms with Gasteiger partial charge in [-0.1, -0.05) is 18.6 Å². The Labute approximate surface area is 160 Å². The van der Waals surface area contributed by atoms with Gasteiger partial charge in [0.15, 0.2) is 0 Å². The number of hydrogen-bond donors (Lipinski definition) is 1. The number of benzene rings is 2. The summed E-state index contributed by atoms with van der Waals surface area (Å²) in [5.41, 5.74) is 1.56. The molecule has 0 radical (unpaired) electrons. The second-order valence-corrected chi connectivity index (χ2v) is 8.59. The molecule has 1 N–H and O–H groups in total. The van der Waals surface area contributed by atoms with Gasteiger partial charge in [0.05, 0.1) is 17.7 Å². The zero-order valence-corrected chi connectivity index (χ0v) is 16.4. The molecule has 0 bridgehead atoms. The number of carbonyl (C=O) groups is 1. The van der Waals surface area contributed by atoms with E-state index in [9.17, 15) is 13.2 Å². The maximum atomic E-state index is 12.9. The number of anilines is 1. The van der Waals surface area contributed by atoms with E-state index in [4.69, 9.17) is 4.74 Å². The number of ether oxygens (including phenoxy) is 1. The van der Waals surface area contributed by atoms with Crippen molar-refractivity contribution in [3.63, 3.8) is 0 Å². The summed E-state index contributed by atoms with van der Waals surface area (Å²) in [5, 5.41) is 2.79. The Morgan fingerprint density at radius 3 is 2.48 bits per heavy atom. The lowest BCUT2D eigenvalue weighted by atomic mass is 10.1. The molecule has 1 amide bonds. The van der Waals surface area contributed by atoms with E-state index in [0.717, 1.165) is 24.8 Å². The maximum Gasteiger partial charge on any atom is 0.255 e. The highest BCUT2D eigenvalue weighted by molar-refractivity contribution is 7.89. The molecule has 144 valence electrons. The molecule has 0 spiro atoms. The molecule has 0 atom stereocenters. The van der Waals surface area contributed by atoms with Crippen LogP contribution in [0.4, 0.5) is 5.69 Å². The van der Waals surface area contributed by atoms with Crippen LogP contribution in [0.2, 0.25) is 0 Å². The average molecular weight is 388 g/mol. The smallest absolute Gasteiger partial charge is 0.255 e. The van der Waals surface area contributed by atoms with Crippen molar-refractivity contribution in [1.82, 2.24) is 4.31 Å². The van der Waals surface area contributed by atoms with E-state index in [1.165, 1.54) is 17.5 Å². The number of methoxy groups -OCH3 is 1. The minimum Gasteiger partial charge on any atom is -0.495 e. The number of piperidine rings is 1. The third-order valence-corrected chi connectivity index (χ3v) is 6.50. The molecule has 1 fully saturated rings. The lowest BCUT2D eigenvalue weighted by Crippen LogP contribution is -2.35. The Morgan fingerprint density at radius 2 is 1.78 bits per heavy atom. The Bertz CT molecular complexity index is 935. The molecule has 0 saturated carbocycles. The molecule has 1 saturated heterocycles. The molecule has 27 heavy (non-hydrogen) atoms. The van der Waals surface area contributed by atoms with E-state index in [2.05, 4.69) is 5.32 Å². The highest BCUT2D eigenvalue weighted by Crippen LogP contribution is 2.26. The minimum absolute atomic E-state index is 0.162. The van der Waals surface area contributed by atoms with Gasteiger partial charge in [-0.2, -0.15) is 4.31 Å². The first-order valence-electron chi connectivity index (χ1n) is 8.98. The number of nitrogens with one attached hydrogen (secondary N) is 1. The molecule has 2 aromatic rings. The Balaban J connectivity index is 1.89. The largest absolute Gasteiger partial charge is 0.495 e. The third kappa shape index (κ3) is 4.31. The molecule has 7 heteroatoms. The fourth-order valence-corrected chi connectivity index (χ4v) is 4.87. The number of sulfonamides is 1. The highest BCUT2D eigenvalue weighted by atomic mass is 32.2. The van der Waals surface area contributed by atoms with Gasteiger partial charge in [0, 0.05) is 18.7 Å².